The zero-order chi connectivity index (χ0) is 24.1. The maximum Gasteiger partial charge on any atom is 0.350 e. The van der Waals surface area contributed by atoms with E-state index in [4.69, 9.17) is 21.1 Å². The molecule has 2 N–H and O–H groups in total. The van der Waals surface area contributed by atoms with Gasteiger partial charge in [-0.3, -0.25) is 4.79 Å². The third kappa shape index (κ3) is 6.18. The molecule has 0 unspecified atom stereocenters. The normalized spacial score (nSPS) is 18.6. The minimum atomic E-state index is -2.65. The number of piperidine rings is 1. The van der Waals surface area contributed by atoms with E-state index in [0.717, 1.165) is 0 Å². The zero-order valence-corrected chi connectivity index (χ0v) is 20.1. The number of carbonyl (C=O) groups excluding carboxylic acids is 2. The number of aryl methyl sites for hydroxylation is 2. The summed E-state index contributed by atoms with van der Waals surface area (Å²) in [5, 5.41) is 3.61. The SMILES string of the molecule is CCOC(=O)c1sc(N2CC[C@@H](NC(=O)c3nc(Cl)c(CC)[nH]3)[C@@H](OCC(F)F)C2)nc1C. The van der Waals surface area contributed by atoms with Crippen LogP contribution >= 0.6 is 22.9 Å². The lowest BCUT2D eigenvalue weighted by molar-refractivity contribution is -0.0391. The average Bonchev–Trinajstić information content (AvgIpc) is 3.35. The van der Waals surface area contributed by atoms with Crippen molar-refractivity contribution in [3.8, 4) is 0 Å². The van der Waals surface area contributed by atoms with Gasteiger partial charge in [-0.1, -0.05) is 29.9 Å². The van der Waals surface area contributed by atoms with Crippen LogP contribution in [-0.2, 0) is 15.9 Å². The second-order valence-electron chi connectivity index (χ2n) is 7.42. The largest absolute Gasteiger partial charge is 0.462 e. The van der Waals surface area contributed by atoms with Gasteiger partial charge in [0.25, 0.3) is 12.3 Å². The first kappa shape index (κ1) is 25.3. The molecular formula is C20H26ClF2N5O4S. The Kier molecular flexibility index (Phi) is 8.60. The highest BCUT2D eigenvalue weighted by atomic mass is 35.5. The van der Waals surface area contributed by atoms with Crippen LogP contribution in [0.5, 0.6) is 0 Å². The highest BCUT2D eigenvalue weighted by molar-refractivity contribution is 7.17. The van der Waals surface area contributed by atoms with Crippen molar-refractivity contribution in [2.75, 3.05) is 31.2 Å². The summed E-state index contributed by atoms with van der Waals surface area (Å²) in [5.41, 5.74) is 1.18. The topological polar surface area (TPSA) is 109 Å². The molecule has 182 valence electrons. The Hall–Kier alpha value is -2.31. The molecule has 1 aliphatic heterocycles. The van der Waals surface area contributed by atoms with Crippen LogP contribution in [0.2, 0.25) is 5.15 Å². The second kappa shape index (κ2) is 11.2. The Labute approximate surface area is 198 Å². The van der Waals surface area contributed by atoms with Gasteiger partial charge in [-0.05, 0) is 26.7 Å². The maximum absolute atomic E-state index is 12.9. The fourth-order valence-corrected chi connectivity index (χ4v) is 4.75. The number of imidazole rings is 1. The number of hydrogen-bond donors (Lipinski definition) is 2. The molecular weight excluding hydrogens is 480 g/mol. The standard InChI is InChI=1S/C20H26ClF2N5O4S/c1-4-11-16(21)27-17(25-11)18(29)26-12-6-7-28(8-13(12)32-9-14(22)23)20-24-10(3)15(33-20)19(30)31-5-2/h12-14H,4-9H2,1-3H3,(H,25,27)(H,26,29)/t12-,13+/m1/s1. The summed E-state index contributed by atoms with van der Waals surface area (Å²) in [4.78, 5) is 38.4. The zero-order valence-electron chi connectivity index (χ0n) is 18.5. The van der Waals surface area contributed by atoms with Crippen molar-refractivity contribution in [2.24, 2.45) is 0 Å². The number of halogens is 3. The van der Waals surface area contributed by atoms with Crippen molar-refractivity contribution in [3.05, 3.63) is 27.2 Å². The highest BCUT2D eigenvalue weighted by Crippen LogP contribution is 2.30. The van der Waals surface area contributed by atoms with E-state index < -0.39 is 37.1 Å². The van der Waals surface area contributed by atoms with Gasteiger partial charge in [0.05, 0.1) is 30.1 Å². The number of amides is 1. The molecule has 1 aliphatic rings. The van der Waals surface area contributed by atoms with Crippen molar-refractivity contribution in [1.29, 1.82) is 0 Å². The quantitative estimate of drug-likeness (QED) is 0.503. The van der Waals surface area contributed by atoms with E-state index in [9.17, 15) is 18.4 Å². The molecule has 1 fully saturated rings. The summed E-state index contributed by atoms with van der Waals surface area (Å²) >= 11 is 7.19. The molecule has 1 saturated heterocycles. The summed E-state index contributed by atoms with van der Waals surface area (Å²) in [6, 6.07) is -0.521. The highest BCUT2D eigenvalue weighted by Gasteiger charge is 2.34. The predicted octanol–water partition coefficient (Wildman–Crippen LogP) is 3.23. The van der Waals surface area contributed by atoms with E-state index in [1.165, 1.54) is 11.3 Å². The monoisotopic (exact) mass is 505 g/mol. The van der Waals surface area contributed by atoms with E-state index in [-0.39, 0.29) is 24.1 Å². The Morgan fingerprint density at radius 3 is 2.76 bits per heavy atom. The molecule has 2 aromatic rings. The van der Waals surface area contributed by atoms with E-state index in [0.29, 0.717) is 40.8 Å². The van der Waals surface area contributed by atoms with Gasteiger partial charge in [0.2, 0.25) is 0 Å². The van der Waals surface area contributed by atoms with E-state index in [1.54, 1.807) is 13.8 Å². The van der Waals surface area contributed by atoms with Crippen LogP contribution in [0.3, 0.4) is 0 Å². The number of H-pyrrole nitrogens is 1. The Morgan fingerprint density at radius 2 is 2.12 bits per heavy atom. The molecule has 0 saturated carbocycles. The van der Waals surface area contributed by atoms with Crippen molar-refractivity contribution in [2.45, 2.75) is 52.2 Å². The van der Waals surface area contributed by atoms with Crippen LogP contribution < -0.4 is 10.2 Å². The molecule has 0 bridgehead atoms. The van der Waals surface area contributed by atoms with Gasteiger partial charge in [0.15, 0.2) is 16.1 Å². The second-order valence-corrected chi connectivity index (χ2v) is 8.75. The third-order valence-corrected chi connectivity index (χ3v) is 6.64. The van der Waals surface area contributed by atoms with Crippen molar-refractivity contribution in [3.63, 3.8) is 0 Å². The molecule has 3 heterocycles. The summed E-state index contributed by atoms with van der Waals surface area (Å²) in [6.07, 6.45) is -2.37. The Bertz CT molecular complexity index is 986. The lowest BCUT2D eigenvalue weighted by Gasteiger charge is -2.38. The van der Waals surface area contributed by atoms with Gasteiger partial charge < -0.3 is 24.7 Å². The lowest BCUT2D eigenvalue weighted by Crippen LogP contribution is -2.55. The molecule has 3 rings (SSSR count). The van der Waals surface area contributed by atoms with Crippen LogP contribution in [0.15, 0.2) is 0 Å². The van der Waals surface area contributed by atoms with Gasteiger partial charge >= 0.3 is 5.97 Å². The minimum absolute atomic E-state index is 0.0570. The van der Waals surface area contributed by atoms with E-state index >= 15 is 0 Å². The van der Waals surface area contributed by atoms with Gasteiger partial charge in [-0.15, -0.1) is 0 Å². The van der Waals surface area contributed by atoms with Crippen molar-refractivity contribution in [1.82, 2.24) is 20.3 Å². The van der Waals surface area contributed by atoms with Gasteiger partial charge in [-0.25, -0.2) is 23.5 Å². The number of nitrogens with one attached hydrogen (secondary N) is 2. The summed E-state index contributed by atoms with van der Waals surface area (Å²) in [6.45, 7) is 5.49. The van der Waals surface area contributed by atoms with Crippen molar-refractivity contribution >= 4 is 39.9 Å². The average molecular weight is 506 g/mol. The van der Waals surface area contributed by atoms with E-state index in [1.807, 2.05) is 11.8 Å². The number of rotatable bonds is 9. The number of ether oxygens (including phenoxy) is 2. The number of anilines is 1. The number of aromatic nitrogens is 3. The van der Waals surface area contributed by atoms with Crippen LogP contribution in [0, 0.1) is 6.92 Å². The third-order valence-electron chi connectivity index (χ3n) is 5.13. The molecule has 2 aromatic heterocycles. The molecule has 1 amide bonds. The van der Waals surface area contributed by atoms with Gasteiger partial charge in [0.1, 0.15) is 11.5 Å². The number of aromatic amines is 1. The molecule has 33 heavy (non-hydrogen) atoms. The number of alkyl halides is 2. The Balaban J connectivity index is 1.73. The summed E-state index contributed by atoms with van der Waals surface area (Å²) in [7, 11) is 0. The minimum Gasteiger partial charge on any atom is -0.462 e. The molecule has 9 nitrogen and oxygen atoms in total. The molecule has 0 radical (unpaired) electrons. The number of hydrogen-bond acceptors (Lipinski definition) is 8. The van der Waals surface area contributed by atoms with Gasteiger partial charge in [0, 0.05) is 13.1 Å². The van der Waals surface area contributed by atoms with Crippen molar-refractivity contribution < 1.29 is 27.8 Å². The number of nitrogens with zero attached hydrogens (tertiary/aromatic N) is 3. The first-order valence-electron chi connectivity index (χ1n) is 10.6. The molecule has 0 aliphatic carbocycles. The van der Waals surface area contributed by atoms with Gasteiger partial charge in [-0.2, -0.15) is 0 Å². The Morgan fingerprint density at radius 1 is 1.36 bits per heavy atom. The molecule has 0 spiro atoms. The molecule has 2 atom stereocenters. The predicted molar refractivity (Wildman–Crippen MR) is 120 cm³/mol. The van der Waals surface area contributed by atoms with E-state index in [2.05, 4.69) is 20.3 Å². The fraction of sp³-hybridized carbons (Fsp3) is 0.600. The fourth-order valence-electron chi connectivity index (χ4n) is 3.49. The number of esters is 1. The number of thiazole rings is 1. The summed E-state index contributed by atoms with van der Waals surface area (Å²) < 4.78 is 36.2. The maximum atomic E-state index is 12.9. The molecule has 0 aromatic carbocycles. The lowest BCUT2D eigenvalue weighted by atomic mass is 10.0. The number of carbonyl (C=O) groups is 2. The smallest absolute Gasteiger partial charge is 0.350 e. The van der Waals surface area contributed by atoms with Crippen LogP contribution in [0.4, 0.5) is 13.9 Å². The van der Waals surface area contributed by atoms with Crippen LogP contribution in [0.1, 0.15) is 51.9 Å². The van der Waals surface area contributed by atoms with Crippen LogP contribution in [0.25, 0.3) is 0 Å². The van der Waals surface area contributed by atoms with Crippen LogP contribution in [-0.4, -0.2) is 71.7 Å². The first-order valence-corrected chi connectivity index (χ1v) is 11.8. The summed E-state index contributed by atoms with van der Waals surface area (Å²) in [5.74, 6) is -0.883. The molecule has 13 heteroatoms. The first-order chi connectivity index (χ1) is 15.7.